The van der Waals surface area contributed by atoms with Gasteiger partial charge in [-0.2, -0.15) is 0 Å². The van der Waals surface area contributed by atoms with E-state index in [1.54, 1.807) is 0 Å². The van der Waals surface area contributed by atoms with Gasteiger partial charge in [0.25, 0.3) is 0 Å². The van der Waals surface area contributed by atoms with E-state index in [0.29, 0.717) is 6.54 Å². The first-order valence-electron chi connectivity index (χ1n) is 8.45. The number of hydrogen-bond acceptors (Lipinski definition) is 4. The van der Waals surface area contributed by atoms with Gasteiger partial charge >= 0.3 is 12.0 Å². The number of amides is 2. The standard InChI is InChI=1S/C20H24N2O4/c1-15-10-16(2)12-18(11-15)25-8-9-26-19(23)14-22-20(24)21-13-17-6-4-3-5-7-17/h3-7,10-12H,8-9,13-14H2,1-2H3,(H2,21,22,24). The van der Waals surface area contributed by atoms with Crippen molar-refractivity contribution < 1.29 is 19.1 Å². The van der Waals surface area contributed by atoms with Crippen LogP contribution in [-0.2, 0) is 16.1 Å². The van der Waals surface area contributed by atoms with Gasteiger partial charge in [-0.05, 0) is 42.7 Å². The van der Waals surface area contributed by atoms with E-state index in [1.807, 2.05) is 56.3 Å². The molecule has 2 N–H and O–H groups in total. The number of aryl methyl sites for hydroxylation is 2. The summed E-state index contributed by atoms with van der Waals surface area (Å²) in [5.74, 6) is 0.237. The van der Waals surface area contributed by atoms with Gasteiger partial charge in [-0.15, -0.1) is 0 Å². The van der Waals surface area contributed by atoms with E-state index in [-0.39, 0.29) is 19.8 Å². The number of carbonyl (C=O) groups excluding carboxylic acids is 2. The molecule has 6 nitrogen and oxygen atoms in total. The van der Waals surface area contributed by atoms with E-state index in [4.69, 9.17) is 9.47 Å². The molecular weight excluding hydrogens is 332 g/mol. The Balaban J connectivity index is 1.57. The molecule has 2 aromatic rings. The van der Waals surface area contributed by atoms with E-state index in [9.17, 15) is 9.59 Å². The Morgan fingerprint density at radius 1 is 0.923 bits per heavy atom. The molecule has 0 aliphatic rings. The van der Waals surface area contributed by atoms with E-state index in [2.05, 4.69) is 16.7 Å². The molecule has 6 heteroatoms. The zero-order chi connectivity index (χ0) is 18.8. The average Bonchev–Trinajstić information content (AvgIpc) is 2.62. The number of urea groups is 1. The Hall–Kier alpha value is -3.02. The van der Waals surface area contributed by atoms with Gasteiger partial charge in [0, 0.05) is 6.54 Å². The van der Waals surface area contributed by atoms with Crippen LogP contribution in [0.1, 0.15) is 16.7 Å². The van der Waals surface area contributed by atoms with Gasteiger partial charge < -0.3 is 20.1 Å². The van der Waals surface area contributed by atoms with Crippen molar-refractivity contribution in [3.63, 3.8) is 0 Å². The Bertz CT molecular complexity index is 712. The predicted molar refractivity (Wildman–Crippen MR) is 99.1 cm³/mol. The summed E-state index contributed by atoms with van der Waals surface area (Å²) in [5.41, 5.74) is 3.21. The van der Waals surface area contributed by atoms with Gasteiger partial charge in [0.2, 0.25) is 0 Å². The highest BCUT2D eigenvalue weighted by atomic mass is 16.6. The number of carbonyl (C=O) groups is 2. The quantitative estimate of drug-likeness (QED) is 0.563. The molecule has 2 rings (SSSR count). The number of nitrogens with one attached hydrogen (secondary N) is 2. The molecule has 0 spiro atoms. The summed E-state index contributed by atoms with van der Waals surface area (Å²) in [7, 11) is 0. The molecule has 2 amide bonds. The molecule has 0 aliphatic carbocycles. The van der Waals surface area contributed by atoms with Crippen molar-refractivity contribution in [1.82, 2.24) is 10.6 Å². The molecule has 0 fully saturated rings. The normalized spacial score (nSPS) is 10.1. The van der Waals surface area contributed by atoms with Crippen molar-refractivity contribution in [2.75, 3.05) is 19.8 Å². The molecule has 138 valence electrons. The average molecular weight is 356 g/mol. The molecule has 0 saturated heterocycles. The maximum absolute atomic E-state index is 11.6. The van der Waals surface area contributed by atoms with Crippen LogP contribution < -0.4 is 15.4 Å². The molecule has 0 radical (unpaired) electrons. The molecule has 0 bridgehead atoms. The monoisotopic (exact) mass is 356 g/mol. The third kappa shape index (κ3) is 7.25. The first kappa shape index (κ1) is 19.3. The summed E-state index contributed by atoms with van der Waals surface area (Å²) >= 11 is 0. The minimum Gasteiger partial charge on any atom is -0.490 e. The zero-order valence-corrected chi connectivity index (χ0v) is 15.1. The lowest BCUT2D eigenvalue weighted by Crippen LogP contribution is -2.38. The van der Waals surface area contributed by atoms with Crippen molar-refractivity contribution in [2.24, 2.45) is 0 Å². The highest BCUT2D eigenvalue weighted by molar-refractivity contribution is 5.80. The van der Waals surface area contributed by atoms with E-state index in [0.717, 1.165) is 22.4 Å². The minimum absolute atomic E-state index is 0.124. The number of benzene rings is 2. The topological polar surface area (TPSA) is 76.7 Å². The summed E-state index contributed by atoms with van der Waals surface area (Å²) in [5, 5.41) is 5.13. The molecule has 0 saturated carbocycles. The Morgan fingerprint density at radius 3 is 2.31 bits per heavy atom. The maximum atomic E-state index is 11.6. The third-order valence-corrected chi connectivity index (χ3v) is 3.50. The van der Waals surface area contributed by atoms with Crippen LogP contribution in [0.5, 0.6) is 5.75 Å². The van der Waals surface area contributed by atoms with Crippen molar-refractivity contribution in [3.8, 4) is 5.75 Å². The number of rotatable bonds is 8. The number of ether oxygens (including phenoxy) is 2. The Morgan fingerprint density at radius 2 is 1.62 bits per heavy atom. The molecule has 0 aliphatic heterocycles. The lowest BCUT2D eigenvalue weighted by Gasteiger charge is -2.10. The second kappa shape index (κ2) is 10.1. The summed E-state index contributed by atoms with van der Waals surface area (Å²) < 4.78 is 10.6. The molecule has 0 unspecified atom stereocenters. The fourth-order valence-electron chi connectivity index (χ4n) is 2.38. The van der Waals surface area contributed by atoms with Crippen molar-refractivity contribution in [2.45, 2.75) is 20.4 Å². The zero-order valence-electron chi connectivity index (χ0n) is 15.1. The Kier molecular flexibility index (Phi) is 7.49. The lowest BCUT2D eigenvalue weighted by atomic mass is 10.1. The lowest BCUT2D eigenvalue weighted by molar-refractivity contribution is -0.143. The first-order valence-corrected chi connectivity index (χ1v) is 8.45. The fraction of sp³-hybridized carbons (Fsp3) is 0.300. The highest BCUT2D eigenvalue weighted by Crippen LogP contribution is 2.15. The first-order chi connectivity index (χ1) is 12.5. The Labute approximate surface area is 153 Å². The maximum Gasteiger partial charge on any atom is 0.325 e. The van der Waals surface area contributed by atoms with Crippen LogP contribution in [0.15, 0.2) is 48.5 Å². The van der Waals surface area contributed by atoms with Crippen LogP contribution in [0.3, 0.4) is 0 Å². The molecule has 0 atom stereocenters. The van der Waals surface area contributed by atoms with Gasteiger partial charge in [-0.3, -0.25) is 4.79 Å². The van der Waals surface area contributed by atoms with Gasteiger partial charge in [0.1, 0.15) is 25.5 Å². The third-order valence-electron chi connectivity index (χ3n) is 3.50. The molecule has 0 heterocycles. The van der Waals surface area contributed by atoms with Crippen molar-refractivity contribution in [3.05, 3.63) is 65.2 Å². The molecule has 2 aromatic carbocycles. The predicted octanol–water partition coefficient (Wildman–Crippen LogP) is 2.72. The second-order valence-electron chi connectivity index (χ2n) is 5.91. The summed E-state index contributed by atoms with van der Waals surface area (Å²) in [4.78, 5) is 23.3. The van der Waals surface area contributed by atoms with Gasteiger partial charge in [0.15, 0.2) is 0 Å². The van der Waals surface area contributed by atoms with Crippen molar-refractivity contribution in [1.29, 1.82) is 0 Å². The largest absolute Gasteiger partial charge is 0.490 e. The van der Waals surface area contributed by atoms with Gasteiger partial charge in [0.05, 0.1) is 0 Å². The van der Waals surface area contributed by atoms with Gasteiger partial charge in [-0.1, -0.05) is 36.4 Å². The van der Waals surface area contributed by atoms with Crippen molar-refractivity contribution >= 4 is 12.0 Å². The van der Waals surface area contributed by atoms with E-state index < -0.39 is 12.0 Å². The molecule has 0 aromatic heterocycles. The van der Waals surface area contributed by atoms with Gasteiger partial charge in [-0.25, -0.2) is 4.79 Å². The fourth-order valence-corrected chi connectivity index (χ4v) is 2.38. The van der Waals surface area contributed by atoms with Crippen LogP contribution in [0.4, 0.5) is 4.79 Å². The smallest absolute Gasteiger partial charge is 0.325 e. The van der Waals surface area contributed by atoms with Crippen LogP contribution >= 0.6 is 0 Å². The summed E-state index contributed by atoms with van der Waals surface area (Å²) in [6, 6.07) is 15.0. The van der Waals surface area contributed by atoms with Crippen LogP contribution in [0.25, 0.3) is 0 Å². The molecule has 26 heavy (non-hydrogen) atoms. The van der Waals surface area contributed by atoms with Crippen LogP contribution in [0.2, 0.25) is 0 Å². The number of esters is 1. The van der Waals surface area contributed by atoms with E-state index in [1.165, 1.54) is 0 Å². The van der Waals surface area contributed by atoms with Crippen LogP contribution in [-0.4, -0.2) is 31.8 Å². The minimum atomic E-state index is -0.510. The second-order valence-corrected chi connectivity index (χ2v) is 5.91. The summed E-state index contributed by atoms with van der Waals surface area (Å²) in [6.45, 7) is 4.58. The highest BCUT2D eigenvalue weighted by Gasteiger charge is 2.06. The molecular formula is C20H24N2O4. The summed E-state index contributed by atoms with van der Waals surface area (Å²) in [6.07, 6.45) is 0. The van der Waals surface area contributed by atoms with E-state index >= 15 is 0 Å². The SMILES string of the molecule is Cc1cc(C)cc(OCCOC(=O)CNC(=O)NCc2ccccc2)c1. The van der Waals surface area contributed by atoms with Crippen LogP contribution in [0, 0.1) is 13.8 Å². The number of hydrogen-bond donors (Lipinski definition) is 2.